The van der Waals surface area contributed by atoms with Gasteiger partial charge in [-0.3, -0.25) is 9.98 Å². The van der Waals surface area contributed by atoms with E-state index in [4.69, 9.17) is 28.9 Å². The third kappa shape index (κ3) is 4.94. The number of hydrogen-bond acceptors (Lipinski definition) is 3. The number of benzene rings is 2. The highest BCUT2D eigenvalue weighted by atomic mass is 35.5. The van der Waals surface area contributed by atoms with Gasteiger partial charge in [0, 0.05) is 22.5 Å². The first kappa shape index (κ1) is 22.1. The second kappa shape index (κ2) is 8.66. The van der Waals surface area contributed by atoms with Crippen molar-refractivity contribution in [3.05, 3.63) is 68.1 Å². The molecule has 3 N–H and O–H groups in total. The van der Waals surface area contributed by atoms with Gasteiger partial charge >= 0.3 is 5.69 Å². The molecule has 6 nitrogen and oxygen atoms in total. The molecule has 0 unspecified atom stereocenters. The van der Waals surface area contributed by atoms with E-state index in [1.54, 1.807) is 18.2 Å². The average Bonchev–Trinajstić information content (AvgIpc) is 3.06. The van der Waals surface area contributed by atoms with Crippen molar-refractivity contribution in [3.8, 4) is 17.1 Å². The van der Waals surface area contributed by atoms with Crippen LogP contribution in [0.15, 0.2) is 46.2 Å². The van der Waals surface area contributed by atoms with Crippen LogP contribution in [0.25, 0.3) is 17.1 Å². The molecule has 0 amide bonds. The Morgan fingerprint density at radius 1 is 1.17 bits per heavy atom. The molecule has 0 saturated carbocycles. The maximum atomic E-state index is 12.5. The van der Waals surface area contributed by atoms with E-state index in [1.165, 1.54) is 4.68 Å². The summed E-state index contributed by atoms with van der Waals surface area (Å²) in [6.45, 7) is 8.53. The summed E-state index contributed by atoms with van der Waals surface area (Å²) < 4.78 is 1.30. The molecule has 0 atom stereocenters. The minimum atomic E-state index is -0.351. The molecule has 3 rings (SSSR count). The highest BCUT2D eigenvalue weighted by Crippen LogP contribution is 2.27. The van der Waals surface area contributed by atoms with Crippen molar-refractivity contribution in [2.75, 3.05) is 6.54 Å². The zero-order chi connectivity index (χ0) is 22.1. The van der Waals surface area contributed by atoms with Gasteiger partial charge in [-0.15, -0.1) is 5.10 Å². The highest BCUT2D eigenvalue weighted by molar-refractivity contribution is 6.33. The van der Waals surface area contributed by atoms with Crippen LogP contribution in [-0.4, -0.2) is 27.1 Å². The van der Waals surface area contributed by atoms with Crippen molar-refractivity contribution in [3.63, 3.8) is 0 Å². The lowest BCUT2D eigenvalue weighted by atomic mass is 9.95. The van der Waals surface area contributed by atoms with Crippen molar-refractivity contribution in [1.82, 2.24) is 14.8 Å². The number of aromatic nitrogens is 3. The van der Waals surface area contributed by atoms with Crippen molar-refractivity contribution in [2.45, 2.75) is 34.1 Å². The molecule has 0 aliphatic carbocycles. The van der Waals surface area contributed by atoms with E-state index >= 15 is 0 Å². The summed E-state index contributed by atoms with van der Waals surface area (Å²) >= 11 is 12.5. The SMILES string of the molecule is Cc1cc(-n2nc(-c3cc(CCN=C(N)C(C)(C)C)ccc3Cl)[nH]c2=O)ccc1Cl. The topological polar surface area (TPSA) is 89.1 Å². The van der Waals surface area contributed by atoms with Crippen LogP contribution >= 0.6 is 23.2 Å². The van der Waals surface area contributed by atoms with E-state index in [1.807, 2.05) is 45.9 Å². The van der Waals surface area contributed by atoms with Crippen molar-refractivity contribution >= 4 is 29.0 Å². The maximum Gasteiger partial charge on any atom is 0.348 e. The van der Waals surface area contributed by atoms with Gasteiger partial charge in [0.15, 0.2) is 5.82 Å². The van der Waals surface area contributed by atoms with Crippen LogP contribution in [-0.2, 0) is 6.42 Å². The zero-order valence-corrected chi connectivity index (χ0v) is 19.0. The first-order chi connectivity index (χ1) is 14.1. The van der Waals surface area contributed by atoms with E-state index in [9.17, 15) is 4.79 Å². The van der Waals surface area contributed by atoms with Gasteiger partial charge in [-0.25, -0.2) is 4.79 Å². The van der Waals surface area contributed by atoms with Gasteiger partial charge in [0.25, 0.3) is 0 Å². The number of aryl methyl sites for hydroxylation is 1. The zero-order valence-electron chi connectivity index (χ0n) is 17.5. The molecule has 1 heterocycles. The molecule has 0 fully saturated rings. The summed E-state index contributed by atoms with van der Waals surface area (Å²) in [6, 6.07) is 10.9. The maximum absolute atomic E-state index is 12.5. The van der Waals surface area contributed by atoms with Gasteiger partial charge in [0.1, 0.15) is 0 Å². The molecule has 1 aromatic heterocycles. The molecule has 0 spiro atoms. The van der Waals surface area contributed by atoms with Gasteiger partial charge < -0.3 is 5.73 Å². The second-order valence-corrected chi connectivity index (χ2v) is 9.02. The van der Waals surface area contributed by atoms with Crippen LogP contribution < -0.4 is 11.4 Å². The molecule has 0 bridgehead atoms. The Hall–Kier alpha value is -2.57. The third-order valence-corrected chi connectivity index (χ3v) is 5.49. The highest BCUT2D eigenvalue weighted by Gasteiger charge is 2.15. The molecule has 0 radical (unpaired) electrons. The van der Waals surface area contributed by atoms with Crippen LogP contribution in [0.2, 0.25) is 10.0 Å². The summed E-state index contributed by atoms with van der Waals surface area (Å²) in [5, 5.41) is 5.57. The first-order valence-corrected chi connectivity index (χ1v) is 10.4. The molecule has 30 heavy (non-hydrogen) atoms. The fourth-order valence-electron chi connectivity index (χ4n) is 2.83. The molecule has 0 aliphatic rings. The smallest absolute Gasteiger partial charge is 0.348 e. The number of halogens is 2. The number of amidine groups is 1. The van der Waals surface area contributed by atoms with Crippen LogP contribution in [0.5, 0.6) is 0 Å². The second-order valence-electron chi connectivity index (χ2n) is 8.21. The number of aliphatic imine (C=N–C) groups is 1. The molecule has 0 aliphatic heterocycles. The lowest BCUT2D eigenvalue weighted by Gasteiger charge is -2.17. The van der Waals surface area contributed by atoms with Gasteiger partial charge in [-0.1, -0.05) is 50.0 Å². The minimum Gasteiger partial charge on any atom is -0.387 e. The van der Waals surface area contributed by atoms with E-state index in [-0.39, 0.29) is 11.1 Å². The predicted octanol–water partition coefficient (Wildman–Crippen LogP) is 4.79. The normalized spacial score (nSPS) is 12.4. The van der Waals surface area contributed by atoms with Crippen LogP contribution in [0.4, 0.5) is 0 Å². The third-order valence-electron chi connectivity index (χ3n) is 4.74. The number of H-pyrrole nitrogens is 1. The number of hydrogen-bond donors (Lipinski definition) is 2. The summed E-state index contributed by atoms with van der Waals surface area (Å²) in [5.74, 6) is 1.02. The van der Waals surface area contributed by atoms with E-state index in [2.05, 4.69) is 15.1 Å². The molecule has 2 aromatic carbocycles. The molecule has 0 saturated heterocycles. The van der Waals surface area contributed by atoms with Crippen LogP contribution in [0, 0.1) is 12.3 Å². The van der Waals surface area contributed by atoms with E-state index in [0.29, 0.717) is 45.9 Å². The number of nitrogens with two attached hydrogens (primary N) is 1. The van der Waals surface area contributed by atoms with Crippen LogP contribution in [0.1, 0.15) is 31.9 Å². The fraction of sp³-hybridized carbons (Fsp3) is 0.318. The quantitative estimate of drug-likeness (QED) is 0.436. The number of nitrogens with zero attached hydrogens (tertiary/aromatic N) is 3. The molecule has 158 valence electrons. The Labute approximate surface area is 185 Å². The van der Waals surface area contributed by atoms with Crippen molar-refractivity contribution in [2.24, 2.45) is 16.1 Å². The number of nitrogens with one attached hydrogen (secondary N) is 1. The largest absolute Gasteiger partial charge is 0.387 e. The summed E-state index contributed by atoms with van der Waals surface area (Å²) in [6.07, 6.45) is 0.697. The van der Waals surface area contributed by atoms with Crippen molar-refractivity contribution < 1.29 is 0 Å². The van der Waals surface area contributed by atoms with Crippen molar-refractivity contribution in [1.29, 1.82) is 0 Å². The average molecular weight is 446 g/mol. The van der Waals surface area contributed by atoms with Gasteiger partial charge in [0.05, 0.1) is 16.5 Å². The number of aromatic amines is 1. The Bertz CT molecular complexity index is 1160. The van der Waals surface area contributed by atoms with Gasteiger partial charge in [0.2, 0.25) is 0 Å². The molecular weight excluding hydrogens is 421 g/mol. The lowest BCUT2D eigenvalue weighted by Crippen LogP contribution is -2.29. The Morgan fingerprint density at radius 2 is 1.87 bits per heavy atom. The van der Waals surface area contributed by atoms with Gasteiger partial charge in [-0.05, 0) is 54.8 Å². The summed E-state index contributed by atoms with van der Waals surface area (Å²) in [4.78, 5) is 19.7. The fourth-order valence-corrected chi connectivity index (χ4v) is 3.16. The first-order valence-electron chi connectivity index (χ1n) is 9.61. The lowest BCUT2D eigenvalue weighted by molar-refractivity contribution is 0.581. The minimum absolute atomic E-state index is 0.155. The van der Waals surface area contributed by atoms with Gasteiger partial charge in [-0.2, -0.15) is 4.68 Å². The summed E-state index contributed by atoms with van der Waals surface area (Å²) in [7, 11) is 0. The Kier molecular flexibility index (Phi) is 6.38. The predicted molar refractivity (Wildman–Crippen MR) is 124 cm³/mol. The van der Waals surface area contributed by atoms with E-state index in [0.717, 1.165) is 11.1 Å². The monoisotopic (exact) mass is 445 g/mol. The van der Waals surface area contributed by atoms with Crippen LogP contribution in [0.3, 0.4) is 0 Å². The molecule has 8 heteroatoms. The van der Waals surface area contributed by atoms with E-state index < -0.39 is 0 Å². The molecule has 3 aromatic rings. The molecular formula is C22H25Cl2N5O. The summed E-state index contributed by atoms with van der Waals surface area (Å²) in [5.41, 5.74) is 8.69. The Balaban J connectivity index is 1.88. The Morgan fingerprint density at radius 3 is 2.53 bits per heavy atom. The standard InChI is InChI=1S/C22H25Cl2N5O/c1-13-11-15(6-8-17(13)23)29-21(30)27-19(28-29)16-12-14(5-7-18(16)24)9-10-26-20(25)22(2,3)4/h5-8,11-12H,9-10H2,1-4H3,(H2,25,26)(H,27,28,30). The number of rotatable bonds is 5.